The number of nitrogens with one attached hydrogen (secondary N) is 2. The standard InChI is InChI=1S/C21H25N3S/c1-4-16-8-7-9-18(12-16)23-21(25)24(15(2)3)14-17-13-22-20-11-6-5-10-19(17)20/h5-13,15,22H,4,14H2,1-3H3,(H,23,25). The monoisotopic (exact) mass is 351 g/mol. The highest BCUT2D eigenvalue weighted by Gasteiger charge is 2.16. The number of hydrogen-bond donors (Lipinski definition) is 2. The summed E-state index contributed by atoms with van der Waals surface area (Å²) >= 11 is 5.71. The molecule has 25 heavy (non-hydrogen) atoms. The van der Waals surface area contributed by atoms with Gasteiger partial charge in [-0.1, -0.05) is 37.3 Å². The van der Waals surface area contributed by atoms with Crippen LogP contribution < -0.4 is 5.32 Å². The highest BCUT2D eigenvalue weighted by atomic mass is 32.1. The van der Waals surface area contributed by atoms with Crippen LogP contribution >= 0.6 is 12.2 Å². The van der Waals surface area contributed by atoms with Crippen molar-refractivity contribution < 1.29 is 0 Å². The Morgan fingerprint density at radius 1 is 1.16 bits per heavy atom. The van der Waals surface area contributed by atoms with Gasteiger partial charge in [0.1, 0.15) is 0 Å². The van der Waals surface area contributed by atoms with E-state index in [-0.39, 0.29) is 0 Å². The number of aromatic amines is 1. The SMILES string of the molecule is CCc1cccc(NC(=S)N(Cc2c[nH]c3ccccc23)C(C)C)c1. The molecule has 3 aromatic rings. The summed E-state index contributed by atoms with van der Waals surface area (Å²) in [6.45, 7) is 7.28. The fourth-order valence-electron chi connectivity index (χ4n) is 3.00. The van der Waals surface area contributed by atoms with E-state index in [1.165, 1.54) is 16.5 Å². The molecule has 0 spiro atoms. The first kappa shape index (κ1) is 17.5. The predicted octanol–water partition coefficient (Wildman–Crippen LogP) is 5.34. The lowest BCUT2D eigenvalue weighted by Gasteiger charge is -2.29. The highest BCUT2D eigenvalue weighted by molar-refractivity contribution is 7.80. The zero-order valence-corrected chi connectivity index (χ0v) is 15.9. The van der Waals surface area contributed by atoms with E-state index in [2.05, 4.69) is 90.7 Å². The molecule has 130 valence electrons. The molecule has 0 aliphatic heterocycles. The Labute approximate surface area is 155 Å². The van der Waals surface area contributed by atoms with E-state index in [4.69, 9.17) is 12.2 Å². The van der Waals surface area contributed by atoms with Gasteiger partial charge in [-0.15, -0.1) is 0 Å². The summed E-state index contributed by atoms with van der Waals surface area (Å²) < 4.78 is 0. The number of aryl methyl sites for hydroxylation is 1. The molecule has 0 fully saturated rings. The number of benzene rings is 2. The number of nitrogens with zero attached hydrogens (tertiary/aromatic N) is 1. The number of thiocarbonyl (C=S) groups is 1. The van der Waals surface area contributed by atoms with Crippen LogP contribution in [0.15, 0.2) is 54.7 Å². The largest absolute Gasteiger partial charge is 0.361 e. The number of para-hydroxylation sites is 1. The first-order valence-corrected chi connectivity index (χ1v) is 9.21. The van der Waals surface area contributed by atoms with Crippen LogP contribution in [-0.4, -0.2) is 21.0 Å². The summed E-state index contributed by atoms with van der Waals surface area (Å²) in [5.41, 5.74) is 4.78. The number of fused-ring (bicyclic) bond motifs is 1. The molecule has 0 radical (unpaired) electrons. The van der Waals surface area contributed by atoms with Gasteiger partial charge in [-0.25, -0.2) is 0 Å². The van der Waals surface area contributed by atoms with Gasteiger partial charge in [-0.2, -0.15) is 0 Å². The molecule has 2 N–H and O–H groups in total. The zero-order valence-electron chi connectivity index (χ0n) is 15.0. The Hall–Kier alpha value is -2.33. The van der Waals surface area contributed by atoms with Crippen LogP contribution in [0, 0.1) is 0 Å². The fourth-order valence-corrected chi connectivity index (χ4v) is 3.39. The molecule has 0 saturated heterocycles. The van der Waals surface area contributed by atoms with Crippen molar-refractivity contribution in [2.75, 3.05) is 5.32 Å². The average Bonchev–Trinajstić information content (AvgIpc) is 3.02. The summed E-state index contributed by atoms with van der Waals surface area (Å²) in [4.78, 5) is 5.57. The third-order valence-corrected chi connectivity index (χ3v) is 4.82. The van der Waals surface area contributed by atoms with E-state index in [1.807, 2.05) is 0 Å². The van der Waals surface area contributed by atoms with Crippen LogP contribution in [0.4, 0.5) is 5.69 Å². The Bertz CT molecular complexity index is 866. The van der Waals surface area contributed by atoms with Crippen molar-refractivity contribution in [1.82, 2.24) is 9.88 Å². The minimum atomic E-state index is 0.308. The molecular weight excluding hydrogens is 326 g/mol. The molecule has 1 aromatic heterocycles. The van der Waals surface area contributed by atoms with E-state index >= 15 is 0 Å². The van der Waals surface area contributed by atoms with Crippen molar-refractivity contribution in [3.63, 3.8) is 0 Å². The van der Waals surface area contributed by atoms with Crippen LogP contribution in [0.3, 0.4) is 0 Å². The topological polar surface area (TPSA) is 31.1 Å². The van der Waals surface area contributed by atoms with Gasteiger partial charge in [0.2, 0.25) is 0 Å². The molecule has 2 aromatic carbocycles. The van der Waals surface area contributed by atoms with Gasteiger partial charge in [0, 0.05) is 35.4 Å². The minimum Gasteiger partial charge on any atom is -0.361 e. The van der Waals surface area contributed by atoms with Crippen LogP contribution in [0.25, 0.3) is 10.9 Å². The van der Waals surface area contributed by atoms with E-state index in [0.717, 1.165) is 29.3 Å². The van der Waals surface area contributed by atoms with Gasteiger partial charge >= 0.3 is 0 Å². The molecule has 0 aliphatic carbocycles. The molecule has 0 unspecified atom stereocenters. The molecule has 3 nitrogen and oxygen atoms in total. The van der Waals surface area contributed by atoms with E-state index < -0.39 is 0 Å². The second-order valence-corrected chi connectivity index (χ2v) is 6.95. The summed E-state index contributed by atoms with van der Waals surface area (Å²) in [7, 11) is 0. The van der Waals surface area contributed by atoms with Crippen LogP contribution in [0.1, 0.15) is 31.9 Å². The second-order valence-electron chi connectivity index (χ2n) is 6.57. The summed E-state index contributed by atoms with van der Waals surface area (Å²) in [6.07, 6.45) is 3.10. The zero-order chi connectivity index (χ0) is 17.8. The van der Waals surface area contributed by atoms with Crippen molar-refractivity contribution in [2.24, 2.45) is 0 Å². The molecule has 0 saturated carbocycles. The first-order chi connectivity index (χ1) is 12.1. The van der Waals surface area contributed by atoms with Crippen LogP contribution in [-0.2, 0) is 13.0 Å². The Morgan fingerprint density at radius 3 is 2.72 bits per heavy atom. The average molecular weight is 352 g/mol. The van der Waals surface area contributed by atoms with E-state index in [1.54, 1.807) is 0 Å². The minimum absolute atomic E-state index is 0.308. The normalized spacial score (nSPS) is 11.0. The second kappa shape index (κ2) is 7.70. The number of rotatable bonds is 5. The number of H-pyrrole nitrogens is 1. The lowest BCUT2D eigenvalue weighted by molar-refractivity contribution is 0.349. The van der Waals surface area contributed by atoms with E-state index in [0.29, 0.717) is 6.04 Å². The fraction of sp³-hybridized carbons (Fsp3) is 0.286. The number of hydrogen-bond acceptors (Lipinski definition) is 1. The van der Waals surface area contributed by atoms with Crippen molar-refractivity contribution in [1.29, 1.82) is 0 Å². The summed E-state index contributed by atoms with van der Waals surface area (Å²) in [6, 6.07) is 17.1. The highest BCUT2D eigenvalue weighted by Crippen LogP contribution is 2.21. The van der Waals surface area contributed by atoms with Gasteiger partial charge in [-0.3, -0.25) is 0 Å². The van der Waals surface area contributed by atoms with Crippen LogP contribution in [0.2, 0.25) is 0 Å². The molecule has 4 heteroatoms. The van der Waals surface area contributed by atoms with Gasteiger partial charge in [-0.05, 0) is 61.8 Å². The van der Waals surface area contributed by atoms with Crippen molar-refractivity contribution in [2.45, 2.75) is 39.8 Å². The lowest BCUT2D eigenvalue weighted by atomic mass is 10.1. The third kappa shape index (κ3) is 4.02. The molecule has 0 bridgehead atoms. The Kier molecular flexibility index (Phi) is 5.39. The van der Waals surface area contributed by atoms with Gasteiger partial charge in [0.15, 0.2) is 5.11 Å². The number of anilines is 1. The molecule has 3 rings (SSSR count). The van der Waals surface area contributed by atoms with Gasteiger partial charge in [0.05, 0.1) is 0 Å². The number of aromatic nitrogens is 1. The lowest BCUT2D eigenvalue weighted by Crippen LogP contribution is -2.39. The maximum atomic E-state index is 5.71. The quantitative estimate of drug-likeness (QED) is 0.609. The maximum absolute atomic E-state index is 5.71. The van der Waals surface area contributed by atoms with Gasteiger partial charge in [0.25, 0.3) is 0 Å². The smallest absolute Gasteiger partial charge is 0.173 e. The molecule has 0 atom stereocenters. The molecule has 1 heterocycles. The van der Waals surface area contributed by atoms with Gasteiger partial charge < -0.3 is 15.2 Å². The van der Waals surface area contributed by atoms with Crippen molar-refractivity contribution in [3.8, 4) is 0 Å². The first-order valence-electron chi connectivity index (χ1n) is 8.80. The Morgan fingerprint density at radius 2 is 1.96 bits per heavy atom. The van der Waals surface area contributed by atoms with Crippen LogP contribution in [0.5, 0.6) is 0 Å². The van der Waals surface area contributed by atoms with Crippen molar-refractivity contribution >= 4 is 33.9 Å². The summed E-state index contributed by atoms with van der Waals surface area (Å²) in [5, 5.41) is 5.42. The predicted molar refractivity (Wildman–Crippen MR) is 111 cm³/mol. The summed E-state index contributed by atoms with van der Waals surface area (Å²) in [5.74, 6) is 0. The third-order valence-electron chi connectivity index (χ3n) is 4.49. The maximum Gasteiger partial charge on any atom is 0.173 e. The molecule has 0 amide bonds. The molecule has 0 aliphatic rings. The van der Waals surface area contributed by atoms with E-state index in [9.17, 15) is 0 Å². The van der Waals surface area contributed by atoms with Crippen molar-refractivity contribution in [3.05, 3.63) is 65.9 Å². The Balaban J connectivity index is 1.79. The molecular formula is C21H25N3S.